The molecule has 0 aliphatic heterocycles. The summed E-state index contributed by atoms with van der Waals surface area (Å²) in [5.74, 6) is 0. The van der Waals surface area contributed by atoms with Gasteiger partial charge in [-0.15, -0.1) is 0 Å². The van der Waals surface area contributed by atoms with Crippen molar-refractivity contribution < 1.29 is 8.42 Å². The van der Waals surface area contributed by atoms with Crippen LogP contribution in [-0.2, 0) is 16.6 Å². The number of hydrogen-bond donors (Lipinski definition) is 2. The Kier molecular flexibility index (Phi) is 4.64. The van der Waals surface area contributed by atoms with Gasteiger partial charge in [-0.2, -0.15) is 5.10 Å². The monoisotopic (exact) mass is 308 g/mol. The second kappa shape index (κ2) is 6.28. The molecule has 2 rings (SSSR count). The van der Waals surface area contributed by atoms with Crippen LogP contribution in [0.5, 0.6) is 0 Å². The molecule has 0 saturated heterocycles. The van der Waals surface area contributed by atoms with Crippen LogP contribution < -0.4 is 10.0 Å². The van der Waals surface area contributed by atoms with Crippen LogP contribution in [0.2, 0.25) is 0 Å². The fourth-order valence-corrected chi connectivity index (χ4v) is 3.11. The summed E-state index contributed by atoms with van der Waals surface area (Å²) in [6, 6.07) is 6.50. The van der Waals surface area contributed by atoms with Crippen molar-refractivity contribution in [3.05, 3.63) is 36.7 Å². The van der Waals surface area contributed by atoms with E-state index in [1.807, 2.05) is 17.8 Å². The molecule has 0 bridgehead atoms. The van der Waals surface area contributed by atoms with Gasteiger partial charge in [0.1, 0.15) is 0 Å². The summed E-state index contributed by atoms with van der Waals surface area (Å²) >= 11 is 0. The van der Waals surface area contributed by atoms with Crippen molar-refractivity contribution in [1.29, 1.82) is 0 Å². The Hall–Kier alpha value is -1.86. The van der Waals surface area contributed by atoms with E-state index in [0.29, 0.717) is 0 Å². The topological polar surface area (TPSA) is 76.0 Å². The number of nitrogens with one attached hydrogen (secondary N) is 2. The molecule has 0 fully saturated rings. The Morgan fingerprint density at radius 1 is 1.19 bits per heavy atom. The molecule has 0 radical (unpaired) electrons. The van der Waals surface area contributed by atoms with Gasteiger partial charge in [0.05, 0.1) is 16.8 Å². The summed E-state index contributed by atoms with van der Waals surface area (Å²) in [6.45, 7) is 6.40. The molecule has 114 valence electrons. The van der Waals surface area contributed by atoms with Gasteiger partial charge in [-0.05, 0) is 45.0 Å². The van der Waals surface area contributed by atoms with Gasteiger partial charge in [0, 0.05) is 24.5 Å². The minimum absolute atomic E-state index is 0.132. The second-order valence-electron chi connectivity index (χ2n) is 5.01. The average Bonchev–Trinajstić information content (AvgIpc) is 2.85. The van der Waals surface area contributed by atoms with Gasteiger partial charge in [0.25, 0.3) is 0 Å². The summed E-state index contributed by atoms with van der Waals surface area (Å²) < 4.78 is 28.4. The van der Waals surface area contributed by atoms with Crippen LogP contribution in [0.1, 0.15) is 20.8 Å². The van der Waals surface area contributed by atoms with Gasteiger partial charge < -0.3 is 5.32 Å². The van der Waals surface area contributed by atoms with Crippen LogP contribution in [-0.4, -0.2) is 24.2 Å². The first-order chi connectivity index (χ1) is 9.90. The molecule has 0 aliphatic carbocycles. The highest BCUT2D eigenvalue weighted by molar-refractivity contribution is 7.89. The van der Waals surface area contributed by atoms with Crippen LogP contribution in [0.3, 0.4) is 0 Å². The highest BCUT2D eigenvalue weighted by atomic mass is 32.2. The van der Waals surface area contributed by atoms with Crippen LogP contribution in [0.25, 0.3) is 0 Å². The molecule has 0 amide bonds. The van der Waals surface area contributed by atoms with Gasteiger partial charge >= 0.3 is 0 Å². The Morgan fingerprint density at radius 3 is 2.38 bits per heavy atom. The maximum absolute atomic E-state index is 12.0. The number of nitrogens with zero attached hydrogens (tertiary/aromatic N) is 2. The van der Waals surface area contributed by atoms with Crippen molar-refractivity contribution in [3.63, 3.8) is 0 Å². The first kappa shape index (κ1) is 15.5. The smallest absolute Gasteiger partial charge is 0.240 e. The maximum atomic E-state index is 12.0. The summed E-state index contributed by atoms with van der Waals surface area (Å²) in [6.07, 6.45) is 3.62. The Labute approximate surface area is 125 Å². The van der Waals surface area contributed by atoms with Gasteiger partial charge in [0.15, 0.2) is 0 Å². The number of rotatable bonds is 6. The average molecular weight is 308 g/mol. The van der Waals surface area contributed by atoms with Crippen molar-refractivity contribution in [2.24, 2.45) is 0 Å². The zero-order chi connectivity index (χ0) is 15.5. The largest absolute Gasteiger partial charge is 0.353 e. The molecule has 1 aromatic carbocycles. The molecule has 2 aromatic rings. The fraction of sp³-hybridized carbons (Fsp3) is 0.357. The van der Waals surface area contributed by atoms with E-state index in [4.69, 9.17) is 0 Å². The van der Waals surface area contributed by atoms with E-state index in [2.05, 4.69) is 15.1 Å². The lowest BCUT2D eigenvalue weighted by Crippen LogP contribution is -2.30. The lowest BCUT2D eigenvalue weighted by atomic mass is 10.3. The van der Waals surface area contributed by atoms with E-state index in [-0.39, 0.29) is 10.9 Å². The molecule has 0 unspecified atom stereocenters. The maximum Gasteiger partial charge on any atom is 0.240 e. The quantitative estimate of drug-likeness (QED) is 0.859. The molecule has 6 nitrogen and oxygen atoms in total. The third-order valence-corrected chi connectivity index (χ3v) is 4.48. The lowest BCUT2D eigenvalue weighted by molar-refractivity contribution is 0.570. The third-order valence-electron chi connectivity index (χ3n) is 2.80. The Bertz CT molecular complexity index is 690. The van der Waals surface area contributed by atoms with E-state index in [0.717, 1.165) is 17.9 Å². The van der Waals surface area contributed by atoms with Crippen molar-refractivity contribution in [2.75, 3.05) is 5.32 Å². The number of sulfonamides is 1. The molecule has 0 atom stereocenters. The third kappa shape index (κ3) is 4.05. The molecule has 21 heavy (non-hydrogen) atoms. The van der Waals surface area contributed by atoms with E-state index in [1.54, 1.807) is 44.3 Å². The second-order valence-corrected chi connectivity index (χ2v) is 6.72. The summed E-state index contributed by atoms with van der Waals surface area (Å²) in [4.78, 5) is 0.256. The fourth-order valence-electron chi connectivity index (χ4n) is 1.86. The molecule has 7 heteroatoms. The SMILES string of the molecule is CCn1cc(Nc2ccc(S(=O)(=O)NC(C)C)cc2)cn1. The predicted molar refractivity (Wildman–Crippen MR) is 83.1 cm³/mol. The van der Waals surface area contributed by atoms with Crippen LogP contribution in [0, 0.1) is 0 Å². The van der Waals surface area contributed by atoms with Crippen molar-refractivity contribution in [1.82, 2.24) is 14.5 Å². The highest BCUT2D eigenvalue weighted by Crippen LogP contribution is 2.18. The van der Waals surface area contributed by atoms with Gasteiger partial charge in [-0.25, -0.2) is 13.1 Å². The van der Waals surface area contributed by atoms with Gasteiger partial charge in [-0.3, -0.25) is 4.68 Å². The summed E-state index contributed by atoms with van der Waals surface area (Å²) in [5, 5.41) is 7.35. The van der Waals surface area contributed by atoms with E-state index < -0.39 is 10.0 Å². The summed E-state index contributed by atoms with van der Waals surface area (Å²) in [7, 11) is -3.44. The van der Waals surface area contributed by atoms with Crippen molar-refractivity contribution in [2.45, 2.75) is 38.3 Å². The molecule has 1 heterocycles. The Balaban J connectivity index is 2.12. The predicted octanol–water partition coefficient (Wildman–Crippen LogP) is 2.33. The minimum atomic E-state index is -3.44. The first-order valence-electron chi connectivity index (χ1n) is 6.82. The Morgan fingerprint density at radius 2 is 1.86 bits per heavy atom. The van der Waals surface area contributed by atoms with E-state index in [9.17, 15) is 8.42 Å². The number of aromatic nitrogens is 2. The number of aryl methyl sites for hydroxylation is 1. The van der Waals surface area contributed by atoms with Gasteiger partial charge in [0.2, 0.25) is 10.0 Å². The van der Waals surface area contributed by atoms with Crippen molar-refractivity contribution >= 4 is 21.4 Å². The summed E-state index contributed by atoms with van der Waals surface area (Å²) in [5.41, 5.74) is 1.68. The van der Waals surface area contributed by atoms with Crippen LogP contribution in [0.15, 0.2) is 41.6 Å². The molecule has 0 saturated carbocycles. The van der Waals surface area contributed by atoms with E-state index >= 15 is 0 Å². The first-order valence-corrected chi connectivity index (χ1v) is 8.31. The van der Waals surface area contributed by atoms with Gasteiger partial charge in [-0.1, -0.05) is 0 Å². The zero-order valence-electron chi connectivity index (χ0n) is 12.4. The van der Waals surface area contributed by atoms with Crippen LogP contribution in [0.4, 0.5) is 11.4 Å². The number of hydrogen-bond acceptors (Lipinski definition) is 4. The zero-order valence-corrected chi connectivity index (χ0v) is 13.2. The number of benzene rings is 1. The molecule has 1 aromatic heterocycles. The molecule has 2 N–H and O–H groups in total. The highest BCUT2D eigenvalue weighted by Gasteiger charge is 2.14. The normalized spacial score (nSPS) is 11.8. The molecular formula is C14H20N4O2S. The van der Waals surface area contributed by atoms with E-state index in [1.165, 1.54) is 0 Å². The van der Waals surface area contributed by atoms with Crippen molar-refractivity contribution in [3.8, 4) is 0 Å². The molecular weight excluding hydrogens is 288 g/mol. The molecule has 0 aliphatic rings. The standard InChI is InChI=1S/C14H20N4O2S/c1-4-18-10-13(9-15-18)16-12-5-7-14(8-6-12)21(19,20)17-11(2)3/h5-11,16-17H,4H2,1-3H3. The molecule has 0 spiro atoms. The number of anilines is 2. The van der Waals surface area contributed by atoms with Crippen LogP contribution >= 0.6 is 0 Å². The lowest BCUT2D eigenvalue weighted by Gasteiger charge is -2.10. The minimum Gasteiger partial charge on any atom is -0.353 e.